The lowest BCUT2D eigenvalue weighted by molar-refractivity contribution is -0.121. The molecule has 2 N–H and O–H groups in total. The largest absolute Gasteiger partial charge is 0.356 e. The van der Waals surface area contributed by atoms with Gasteiger partial charge in [0.25, 0.3) is 0 Å². The minimum absolute atomic E-state index is 0. The number of nitrogens with zero attached hydrogens (tertiary/aromatic N) is 2. The van der Waals surface area contributed by atoms with Crippen LogP contribution in [0.3, 0.4) is 0 Å². The summed E-state index contributed by atoms with van der Waals surface area (Å²) in [4.78, 5) is 17.9. The Bertz CT molecular complexity index is 321. The minimum Gasteiger partial charge on any atom is -0.356 e. The molecule has 0 saturated carbocycles. The molecule has 0 aromatic carbocycles. The highest BCUT2D eigenvalue weighted by atomic mass is 127. The molecule has 1 atom stereocenters. The molecule has 0 radical (unpaired) electrons. The van der Waals surface area contributed by atoms with Crippen LogP contribution in [0.1, 0.15) is 39.5 Å². The van der Waals surface area contributed by atoms with Crippen molar-refractivity contribution in [3.8, 4) is 0 Å². The molecule has 0 saturated heterocycles. The van der Waals surface area contributed by atoms with Gasteiger partial charge in [0.15, 0.2) is 5.96 Å². The molecule has 0 aliphatic heterocycles. The standard InChI is InChI=1S/C15H30N4O.HI/c1-6-8-9-12-19(5)15(16-4)17-11-10-14(20)18-13(3)7-2;/h6,13H,1,7-12H2,2-5H3,(H,16,17)(H,18,20);1H. The highest BCUT2D eigenvalue weighted by Gasteiger charge is 2.07. The number of guanidine groups is 1. The predicted molar refractivity (Wildman–Crippen MR) is 101 cm³/mol. The lowest BCUT2D eigenvalue weighted by atomic mass is 10.2. The number of carbonyl (C=O) groups is 1. The molecule has 0 spiro atoms. The van der Waals surface area contributed by atoms with Gasteiger partial charge in [0, 0.05) is 39.6 Å². The summed E-state index contributed by atoms with van der Waals surface area (Å²) >= 11 is 0. The van der Waals surface area contributed by atoms with Crippen LogP contribution in [0.2, 0.25) is 0 Å². The molecular weight excluding hydrogens is 379 g/mol. The van der Waals surface area contributed by atoms with Crippen LogP contribution >= 0.6 is 24.0 Å². The van der Waals surface area contributed by atoms with Crippen LogP contribution in [0.25, 0.3) is 0 Å². The number of aliphatic imine (C=N–C) groups is 1. The first-order valence-corrected chi connectivity index (χ1v) is 7.37. The summed E-state index contributed by atoms with van der Waals surface area (Å²) in [6, 6.07) is 0.239. The van der Waals surface area contributed by atoms with Gasteiger partial charge in [-0.25, -0.2) is 0 Å². The maximum atomic E-state index is 11.6. The first-order chi connectivity index (χ1) is 9.54. The highest BCUT2D eigenvalue weighted by molar-refractivity contribution is 14.0. The Morgan fingerprint density at radius 1 is 1.48 bits per heavy atom. The van der Waals surface area contributed by atoms with Crippen LogP contribution < -0.4 is 10.6 Å². The van der Waals surface area contributed by atoms with Crippen molar-refractivity contribution in [2.24, 2.45) is 4.99 Å². The van der Waals surface area contributed by atoms with Crippen molar-refractivity contribution in [3.63, 3.8) is 0 Å². The van der Waals surface area contributed by atoms with Gasteiger partial charge in [0.2, 0.25) is 5.91 Å². The summed E-state index contributed by atoms with van der Waals surface area (Å²) in [5.74, 6) is 0.905. The molecule has 1 unspecified atom stereocenters. The number of amides is 1. The van der Waals surface area contributed by atoms with Crippen LogP contribution in [-0.4, -0.2) is 50.0 Å². The van der Waals surface area contributed by atoms with E-state index in [0.717, 1.165) is 31.8 Å². The number of carbonyl (C=O) groups excluding carboxylic acids is 1. The van der Waals surface area contributed by atoms with E-state index in [1.807, 2.05) is 20.0 Å². The third-order valence-corrected chi connectivity index (χ3v) is 3.13. The molecule has 0 aliphatic carbocycles. The topological polar surface area (TPSA) is 56.7 Å². The Morgan fingerprint density at radius 2 is 2.14 bits per heavy atom. The number of allylic oxidation sites excluding steroid dienone is 1. The average Bonchev–Trinajstić information content (AvgIpc) is 2.43. The molecular formula is C15H31IN4O. The van der Waals surface area contributed by atoms with Crippen LogP contribution in [-0.2, 0) is 4.79 Å². The summed E-state index contributed by atoms with van der Waals surface area (Å²) in [6.45, 7) is 9.30. The summed E-state index contributed by atoms with van der Waals surface area (Å²) in [5, 5.41) is 6.16. The monoisotopic (exact) mass is 410 g/mol. The van der Waals surface area contributed by atoms with Crippen molar-refractivity contribution in [2.75, 3.05) is 27.2 Å². The SMILES string of the molecule is C=CCCCN(C)C(=NC)NCCC(=O)NC(C)CC.I. The second kappa shape index (κ2) is 14.2. The van der Waals surface area contributed by atoms with Crippen molar-refractivity contribution in [2.45, 2.75) is 45.6 Å². The molecule has 21 heavy (non-hydrogen) atoms. The zero-order chi connectivity index (χ0) is 15.4. The van der Waals surface area contributed by atoms with Crippen LogP contribution in [0.4, 0.5) is 0 Å². The first kappa shape index (κ1) is 22.5. The highest BCUT2D eigenvalue weighted by Crippen LogP contribution is 1.94. The van der Waals surface area contributed by atoms with Crippen LogP contribution in [0.5, 0.6) is 0 Å². The number of nitrogens with one attached hydrogen (secondary N) is 2. The zero-order valence-corrected chi connectivity index (χ0v) is 16.1. The van der Waals surface area contributed by atoms with Crippen molar-refractivity contribution in [3.05, 3.63) is 12.7 Å². The first-order valence-electron chi connectivity index (χ1n) is 7.37. The fourth-order valence-electron chi connectivity index (χ4n) is 1.70. The Hall–Kier alpha value is -0.790. The molecule has 0 fully saturated rings. The third kappa shape index (κ3) is 11.5. The van der Waals surface area contributed by atoms with Gasteiger partial charge >= 0.3 is 0 Å². The number of hydrogen-bond acceptors (Lipinski definition) is 2. The Kier molecular flexibility index (Phi) is 15.2. The van der Waals surface area contributed by atoms with Gasteiger partial charge < -0.3 is 15.5 Å². The van der Waals surface area contributed by atoms with E-state index >= 15 is 0 Å². The van der Waals surface area contributed by atoms with E-state index in [4.69, 9.17) is 0 Å². The van der Waals surface area contributed by atoms with Crippen molar-refractivity contribution >= 4 is 35.8 Å². The molecule has 1 amide bonds. The van der Waals surface area contributed by atoms with E-state index < -0.39 is 0 Å². The summed E-state index contributed by atoms with van der Waals surface area (Å²) in [6.07, 6.45) is 5.38. The van der Waals surface area contributed by atoms with Gasteiger partial charge in [0.1, 0.15) is 0 Å². The average molecular weight is 410 g/mol. The second-order valence-corrected chi connectivity index (χ2v) is 4.95. The maximum absolute atomic E-state index is 11.6. The lowest BCUT2D eigenvalue weighted by Gasteiger charge is -2.22. The van der Waals surface area contributed by atoms with Gasteiger partial charge in [-0.2, -0.15) is 0 Å². The molecule has 6 heteroatoms. The maximum Gasteiger partial charge on any atom is 0.221 e. The predicted octanol–water partition coefficient (Wildman–Crippen LogP) is 2.38. The molecule has 0 aliphatic rings. The van der Waals surface area contributed by atoms with Gasteiger partial charge in [-0.3, -0.25) is 9.79 Å². The number of halogens is 1. The Balaban J connectivity index is 0. The molecule has 124 valence electrons. The molecule has 0 rings (SSSR count). The molecule has 0 bridgehead atoms. The summed E-state index contributed by atoms with van der Waals surface area (Å²) < 4.78 is 0. The molecule has 0 aromatic rings. The Labute approximate surface area is 146 Å². The smallest absolute Gasteiger partial charge is 0.221 e. The van der Waals surface area contributed by atoms with Crippen molar-refractivity contribution < 1.29 is 4.79 Å². The minimum atomic E-state index is 0. The molecule has 5 nitrogen and oxygen atoms in total. The zero-order valence-electron chi connectivity index (χ0n) is 13.8. The molecule has 0 aromatic heterocycles. The van der Waals surface area contributed by atoms with E-state index in [0.29, 0.717) is 13.0 Å². The molecule has 0 heterocycles. The normalized spacial score (nSPS) is 12.1. The van der Waals surface area contributed by atoms with Crippen LogP contribution in [0.15, 0.2) is 17.6 Å². The second-order valence-electron chi connectivity index (χ2n) is 4.95. The van der Waals surface area contributed by atoms with E-state index in [9.17, 15) is 4.79 Å². The lowest BCUT2D eigenvalue weighted by Crippen LogP contribution is -2.41. The van der Waals surface area contributed by atoms with Crippen LogP contribution in [0, 0.1) is 0 Å². The van der Waals surface area contributed by atoms with Crippen molar-refractivity contribution in [1.29, 1.82) is 0 Å². The van der Waals surface area contributed by atoms with Gasteiger partial charge in [-0.1, -0.05) is 13.0 Å². The van der Waals surface area contributed by atoms with Gasteiger partial charge in [-0.05, 0) is 26.2 Å². The Morgan fingerprint density at radius 3 is 2.67 bits per heavy atom. The van der Waals surface area contributed by atoms with E-state index in [-0.39, 0.29) is 35.9 Å². The third-order valence-electron chi connectivity index (χ3n) is 3.13. The van der Waals surface area contributed by atoms with Gasteiger partial charge in [0.05, 0.1) is 0 Å². The van der Waals surface area contributed by atoms with E-state index in [1.54, 1.807) is 7.05 Å². The summed E-state index contributed by atoms with van der Waals surface area (Å²) in [5.41, 5.74) is 0. The quantitative estimate of drug-likeness (QED) is 0.202. The fraction of sp³-hybridized carbons (Fsp3) is 0.733. The van der Waals surface area contributed by atoms with E-state index in [1.165, 1.54) is 0 Å². The number of hydrogen-bond donors (Lipinski definition) is 2. The van der Waals surface area contributed by atoms with Gasteiger partial charge in [-0.15, -0.1) is 30.6 Å². The number of rotatable bonds is 9. The fourth-order valence-corrected chi connectivity index (χ4v) is 1.70. The number of unbranched alkanes of at least 4 members (excludes halogenated alkanes) is 1. The summed E-state index contributed by atoms with van der Waals surface area (Å²) in [7, 11) is 3.75. The van der Waals surface area contributed by atoms with E-state index in [2.05, 4.69) is 34.0 Å². The van der Waals surface area contributed by atoms with Crippen molar-refractivity contribution in [1.82, 2.24) is 15.5 Å².